The molecule has 0 aromatic carbocycles. The number of halogens is 1. The van der Waals surface area contributed by atoms with Gasteiger partial charge in [0.15, 0.2) is 0 Å². The molecule has 0 spiro atoms. The Morgan fingerprint density at radius 3 is 2.78 bits per heavy atom. The molecule has 1 unspecified atom stereocenters. The van der Waals surface area contributed by atoms with Gasteiger partial charge in [0, 0.05) is 5.03 Å². The number of rotatable bonds is 1. The van der Waals surface area contributed by atoms with Crippen LogP contribution in [0.25, 0.3) is 0 Å². The van der Waals surface area contributed by atoms with E-state index in [0.717, 1.165) is 0 Å². The second kappa shape index (κ2) is 3.20. The van der Waals surface area contributed by atoms with E-state index in [1.807, 2.05) is 0 Å². The maximum absolute atomic E-state index is 5.56. The predicted octanol–water partition coefficient (Wildman–Crippen LogP) is 1.27. The Labute approximate surface area is 60.9 Å². The average molecular weight is 150 g/mol. The summed E-state index contributed by atoms with van der Waals surface area (Å²) in [5, 5.41) is 0.523. The van der Waals surface area contributed by atoms with Gasteiger partial charge < -0.3 is 9.47 Å². The van der Waals surface area contributed by atoms with Crippen LogP contribution in [0.1, 0.15) is 1.43 Å². The molecule has 9 heavy (non-hydrogen) atoms. The van der Waals surface area contributed by atoms with Gasteiger partial charge in [-0.15, -0.1) is 0 Å². The summed E-state index contributed by atoms with van der Waals surface area (Å²) in [5.41, 5.74) is 0. The third-order valence-corrected chi connectivity index (χ3v) is 1.41. The Hall–Kier alpha value is -0.0500. The molecule has 0 amide bonds. The van der Waals surface area contributed by atoms with Gasteiger partial charge in [-0.05, 0) is 0 Å². The van der Waals surface area contributed by atoms with E-state index in [1.165, 1.54) is 0 Å². The van der Waals surface area contributed by atoms with Gasteiger partial charge in [0.2, 0.25) is 0 Å². The van der Waals surface area contributed by atoms with E-state index in [4.69, 9.17) is 21.1 Å². The summed E-state index contributed by atoms with van der Waals surface area (Å²) in [6.07, 6.45) is -0.0968. The Bertz CT molecular complexity index is 112. The highest BCUT2D eigenvalue weighted by Gasteiger charge is 2.15. The summed E-state index contributed by atoms with van der Waals surface area (Å²) in [7, 11) is 0. The van der Waals surface area contributed by atoms with Crippen molar-refractivity contribution >= 4 is 11.6 Å². The molecule has 1 aliphatic rings. The Kier molecular flexibility index (Phi) is 2.51. The van der Waals surface area contributed by atoms with Crippen LogP contribution in [-0.2, 0) is 9.47 Å². The lowest BCUT2D eigenvalue weighted by Crippen LogP contribution is -2.28. The van der Waals surface area contributed by atoms with Gasteiger partial charge in [-0.1, -0.05) is 18.2 Å². The van der Waals surface area contributed by atoms with Crippen LogP contribution >= 0.6 is 11.6 Å². The average Bonchev–Trinajstić information content (AvgIpc) is 1.90. The maximum Gasteiger partial charge on any atom is 1.00 e. The van der Waals surface area contributed by atoms with E-state index >= 15 is 0 Å². The van der Waals surface area contributed by atoms with Gasteiger partial charge in [-0.2, -0.15) is 0 Å². The molecule has 1 fully saturated rings. The van der Waals surface area contributed by atoms with Gasteiger partial charge in [0.05, 0.1) is 19.8 Å². The molecule has 0 N–H and O–H groups in total. The highest BCUT2D eigenvalue weighted by molar-refractivity contribution is 6.29. The van der Waals surface area contributed by atoms with Crippen molar-refractivity contribution in [1.29, 1.82) is 0 Å². The molecule has 1 rings (SSSR count). The first kappa shape index (κ1) is 7.06. The molecule has 0 aromatic rings. The van der Waals surface area contributed by atoms with Crippen LogP contribution in [0.15, 0.2) is 11.6 Å². The molecule has 0 aliphatic carbocycles. The highest BCUT2D eigenvalue weighted by atomic mass is 35.5. The summed E-state index contributed by atoms with van der Waals surface area (Å²) in [5.74, 6) is 0. The van der Waals surface area contributed by atoms with Crippen LogP contribution < -0.4 is 0 Å². The molecule has 1 saturated heterocycles. The molecule has 52 valence electrons. The lowest BCUT2D eigenvalue weighted by atomic mass is 10.3. The van der Waals surface area contributed by atoms with E-state index in [2.05, 4.69) is 6.58 Å². The number of hydrogen-bond donors (Lipinski definition) is 0. The Morgan fingerprint density at radius 2 is 2.44 bits per heavy atom. The van der Waals surface area contributed by atoms with Crippen LogP contribution in [0.4, 0.5) is 0 Å². The molecule has 0 aromatic heterocycles. The van der Waals surface area contributed by atoms with Crippen molar-refractivity contribution < 1.29 is 10.9 Å². The lowest BCUT2D eigenvalue weighted by Gasteiger charge is -2.21. The number of hydrogen-bond acceptors (Lipinski definition) is 2. The largest absolute Gasteiger partial charge is 1.00 e. The normalized spacial score (nSPS) is 27.9. The fraction of sp³-hybridized carbons (Fsp3) is 0.667. The molecular weight excluding hydrogens is 140 g/mol. The monoisotopic (exact) mass is 149 g/mol. The summed E-state index contributed by atoms with van der Waals surface area (Å²) < 4.78 is 10.3. The highest BCUT2D eigenvalue weighted by Crippen LogP contribution is 2.12. The van der Waals surface area contributed by atoms with Gasteiger partial charge in [-0.25, -0.2) is 0 Å². The molecule has 1 heterocycles. The van der Waals surface area contributed by atoms with Gasteiger partial charge in [0.1, 0.15) is 6.10 Å². The fourth-order valence-corrected chi connectivity index (χ4v) is 0.795. The van der Waals surface area contributed by atoms with Crippen LogP contribution in [0.3, 0.4) is 0 Å². The minimum absolute atomic E-state index is 0. The van der Waals surface area contributed by atoms with E-state index < -0.39 is 0 Å². The van der Waals surface area contributed by atoms with Crippen molar-refractivity contribution in [3.8, 4) is 0 Å². The third kappa shape index (κ3) is 1.97. The van der Waals surface area contributed by atoms with Crippen molar-refractivity contribution in [3.05, 3.63) is 11.6 Å². The molecule has 1 aliphatic heterocycles. The first-order valence-electron chi connectivity index (χ1n) is 2.84. The van der Waals surface area contributed by atoms with E-state index in [0.29, 0.717) is 24.9 Å². The van der Waals surface area contributed by atoms with E-state index in [1.54, 1.807) is 0 Å². The summed E-state index contributed by atoms with van der Waals surface area (Å²) in [6, 6.07) is 0. The molecule has 3 heteroatoms. The maximum atomic E-state index is 5.56. The van der Waals surface area contributed by atoms with E-state index in [9.17, 15) is 0 Å². The van der Waals surface area contributed by atoms with Crippen LogP contribution in [-0.4, -0.2) is 25.9 Å². The molecule has 0 saturated carbocycles. The van der Waals surface area contributed by atoms with Gasteiger partial charge >= 0.3 is 1.43 Å². The quantitative estimate of drug-likeness (QED) is 0.559. The predicted molar refractivity (Wildman–Crippen MR) is 36.7 cm³/mol. The molecular formula is C6H10ClO2+. The zero-order valence-corrected chi connectivity index (χ0v) is 5.86. The topological polar surface area (TPSA) is 18.5 Å². The Balaban J connectivity index is 0.000000810. The zero-order valence-electron chi connectivity index (χ0n) is 6.10. The van der Waals surface area contributed by atoms with Crippen LogP contribution in [0, 0.1) is 0 Å². The van der Waals surface area contributed by atoms with Crippen molar-refractivity contribution in [3.63, 3.8) is 0 Å². The second-order valence-corrected chi connectivity index (χ2v) is 2.37. The number of ether oxygens (including phenoxy) is 2. The summed E-state index contributed by atoms with van der Waals surface area (Å²) in [4.78, 5) is 0. The fourth-order valence-electron chi connectivity index (χ4n) is 0.669. The van der Waals surface area contributed by atoms with Crippen LogP contribution in [0.2, 0.25) is 0 Å². The first-order valence-corrected chi connectivity index (χ1v) is 3.22. The van der Waals surface area contributed by atoms with Crippen molar-refractivity contribution in [1.82, 2.24) is 0 Å². The molecule has 0 bridgehead atoms. The lowest BCUT2D eigenvalue weighted by molar-refractivity contribution is -0.0692. The van der Waals surface area contributed by atoms with Crippen molar-refractivity contribution in [2.45, 2.75) is 6.10 Å². The minimum Gasteiger partial charge on any atom is -0.376 e. The molecule has 0 radical (unpaired) electrons. The standard InChI is InChI=1S/C6H9ClO2/c1-5(7)6-4-8-2-3-9-6/h6H,1-4H2/p+1. The summed E-state index contributed by atoms with van der Waals surface area (Å²) in [6.45, 7) is 5.37. The second-order valence-electron chi connectivity index (χ2n) is 1.88. The first-order chi connectivity index (χ1) is 4.30. The zero-order chi connectivity index (χ0) is 6.69. The van der Waals surface area contributed by atoms with E-state index in [-0.39, 0.29) is 7.53 Å². The third-order valence-electron chi connectivity index (χ3n) is 1.17. The van der Waals surface area contributed by atoms with Crippen LogP contribution in [0.5, 0.6) is 0 Å². The Morgan fingerprint density at radius 1 is 1.67 bits per heavy atom. The van der Waals surface area contributed by atoms with Gasteiger partial charge in [0.25, 0.3) is 0 Å². The smallest absolute Gasteiger partial charge is 0.376 e. The molecule has 2 nitrogen and oxygen atoms in total. The van der Waals surface area contributed by atoms with Crippen molar-refractivity contribution in [2.75, 3.05) is 19.8 Å². The van der Waals surface area contributed by atoms with Gasteiger partial charge in [-0.3, -0.25) is 0 Å². The minimum atomic E-state index is -0.0968. The SMILES string of the molecule is C=C(Cl)C1COCCO1.[H+]. The molecule has 1 atom stereocenters. The summed E-state index contributed by atoms with van der Waals surface area (Å²) >= 11 is 5.56. The van der Waals surface area contributed by atoms with Crippen molar-refractivity contribution in [2.24, 2.45) is 0 Å².